The van der Waals surface area contributed by atoms with Gasteiger partial charge in [0.2, 0.25) is 0 Å². The average Bonchev–Trinajstić information content (AvgIpc) is 2.35. The van der Waals surface area contributed by atoms with Gasteiger partial charge in [0.15, 0.2) is 0 Å². The molecule has 0 saturated heterocycles. The minimum absolute atomic E-state index is 0.121. The van der Waals surface area contributed by atoms with Crippen LogP contribution < -0.4 is 10.2 Å². The van der Waals surface area contributed by atoms with Crippen molar-refractivity contribution in [3.05, 3.63) is 24.0 Å². The Labute approximate surface area is 122 Å². The van der Waals surface area contributed by atoms with Crippen LogP contribution in [0.25, 0.3) is 0 Å². The smallest absolute Gasteiger partial charge is 0.0562 e. The van der Waals surface area contributed by atoms with Gasteiger partial charge in [0.25, 0.3) is 0 Å². The highest BCUT2D eigenvalue weighted by molar-refractivity contribution is 7.98. The van der Waals surface area contributed by atoms with Gasteiger partial charge in [-0.3, -0.25) is 4.98 Å². The van der Waals surface area contributed by atoms with Crippen molar-refractivity contribution in [3.8, 4) is 0 Å². The minimum Gasteiger partial charge on any atom is -0.371 e. The van der Waals surface area contributed by atoms with Gasteiger partial charge in [-0.2, -0.15) is 11.8 Å². The minimum atomic E-state index is 0.121. The molecule has 3 nitrogen and oxygen atoms in total. The summed E-state index contributed by atoms with van der Waals surface area (Å²) in [6, 6.07) is 4.79. The predicted molar refractivity (Wildman–Crippen MR) is 87.1 cm³/mol. The Hall–Kier alpha value is -0.740. The summed E-state index contributed by atoms with van der Waals surface area (Å²) >= 11 is 1.88. The lowest BCUT2D eigenvalue weighted by atomic mass is 10.1. The van der Waals surface area contributed by atoms with Crippen molar-refractivity contribution in [1.29, 1.82) is 0 Å². The van der Waals surface area contributed by atoms with Crippen LogP contribution in [-0.4, -0.2) is 35.6 Å². The second-order valence-electron chi connectivity index (χ2n) is 6.02. The van der Waals surface area contributed by atoms with Crippen molar-refractivity contribution in [3.63, 3.8) is 0 Å². The molecule has 0 saturated carbocycles. The van der Waals surface area contributed by atoms with Crippen molar-refractivity contribution in [2.75, 3.05) is 24.0 Å². The number of rotatable bonds is 6. The second kappa shape index (κ2) is 7.15. The van der Waals surface area contributed by atoms with Gasteiger partial charge in [-0.25, -0.2) is 0 Å². The molecule has 0 aliphatic rings. The van der Waals surface area contributed by atoms with E-state index >= 15 is 0 Å². The summed E-state index contributed by atoms with van der Waals surface area (Å²) in [5.74, 6) is 1.13. The molecular weight excluding hydrogens is 254 g/mol. The van der Waals surface area contributed by atoms with Gasteiger partial charge in [0.05, 0.1) is 5.69 Å². The SMILES string of the molecule is CSCC(C)N(C)c1ccnc(CNC(C)(C)C)c1. The lowest BCUT2D eigenvalue weighted by molar-refractivity contribution is 0.421. The fourth-order valence-corrected chi connectivity index (χ4v) is 2.45. The van der Waals surface area contributed by atoms with Crippen molar-refractivity contribution < 1.29 is 0 Å². The molecular formula is C15H27N3S. The number of hydrogen-bond acceptors (Lipinski definition) is 4. The number of nitrogens with zero attached hydrogens (tertiary/aromatic N) is 2. The fraction of sp³-hybridized carbons (Fsp3) is 0.667. The summed E-state index contributed by atoms with van der Waals surface area (Å²) in [4.78, 5) is 6.75. The Morgan fingerprint density at radius 2 is 2.11 bits per heavy atom. The first-order chi connectivity index (χ1) is 8.83. The molecule has 1 atom stereocenters. The molecule has 19 heavy (non-hydrogen) atoms. The van der Waals surface area contributed by atoms with Crippen LogP contribution in [0.4, 0.5) is 5.69 Å². The molecule has 0 fully saturated rings. The summed E-state index contributed by atoms with van der Waals surface area (Å²) in [7, 11) is 2.15. The normalized spacial score (nSPS) is 13.4. The summed E-state index contributed by atoms with van der Waals surface area (Å²) in [6.45, 7) is 9.57. The first kappa shape index (κ1) is 16.3. The molecule has 0 aliphatic carbocycles. The molecule has 0 aromatic carbocycles. The highest BCUT2D eigenvalue weighted by atomic mass is 32.2. The van der Waals surface area contributed by atoms with E-state index in [0.29, 0.717) is 6.04 Å². The summed E-state index contributed by atoms with van der Waals surface area (Å²) in [5, 5.41) is 3.47. The van der Waals surface area contributed by atoms with E-state index in [2.05, 4.69) is 68.3 Å². The number of thioether (sulfide) groups is 1. The Morgan fingerprint density at radius 3 is 2.68 bits per heavy atom. The van der Waals surface area contributed by atoms with Crippen LogP contribution in [0.3, 0.4) is 0 Å². The maximum Gasteiger partial charge on any atom is 0.0562 e. The molecule has 108 valence electrons. The Balaban J connectivity index is 2.71. The van der Waals surface area contributed by atoms with Gasteiger partial charge < -0.3 is 10.2 Å². The van der Waals surface area contributed by atoms with Gasteiger partial charge in [-0.15, -0.1) is 0 Å². The van der Waals surface area contributed by atoms with Gasteiger partial charge in [0.1, 0.15) is 0 Å². The zero-order valence-corrected chi connectivity index (χ0v) is 13.8. The zero-order valence-electron chi connectivity index (χ0n) is 13.0. The van der Waals surface area contributed by atoms with Gasteiger partial charge in [-0.1, -0.05) is 0 Å². The van der Waals surface area contributed by atoms with E-state index in [-0.39, 0.29) is 5.54 Å². The molecule has 1 heterocycles. The standard InChI is InChI=1S/C15H27N3S/c1-12(11-19-6)18(5)14-7-8-16-13(9-14)10-17-15(2,3)4/h7-9,12,17H,10-11H2,1-6H3. The molecule has 0 radical (unpaired) electrons. The monoisotopic (exact) mass is 281 g/mol. The highest BCUT2D eigenvalue weighted by Crippen LogP contribution is 2.17. The van der Waals surface area contributed by atoms with E-state index in [1.807, 2.05) is 18.0 Å². The van der Waals surface area contributed by atoms with E-state index in [1.54, 1.807) is 0 Å². The van der Waals surface area contributed by atoms with E-state index in [9.17, 15) is 0 Å². The zero-order chi connectivity index (χ0) is 14.5. The van der Waals surface area contributed by atoms with Crippen LogP contribution in [0.1, 0.15) is 33.4 Å². The number of anilines is 1. The number of pyridine rings is 1. The fourth-order valence-electron chi connectivity index (χ4n) is 1.74. The van der Waals surface area contributed by atoms with E-state index in [4.69, 9.17) is 0 Å². The largest absolute Gasteiger partial charge is 0.371 e. The predicted octanol–water partition coefficient (Wildman–Crippen LogP) is 3.16. The van der Waals surface area contributed by atoms with Crippen molar-refractivity contribution in [2.24, 2.45) is 0 Å². The average molecular weight is 281 g/mol. The van der Waals surface area contributed by atoms with E-state index in [1.165, 1.54) is 5.69 Å². The summed E-state index contributed by atoms with van der Waals surface area (Å²) in [6.07, 6.45) is 4.05. The molecule has 1 aromatic heterocycles. The molecule has 1 rings (SSSR count). The Kier molecular flexibility index (Phi) is 6.14. The number of aromatic nitrogens is 1. The first-order valence-electron chi connectivity index (χ1n) is 6.75. The molecule has 4 heteroatoms. The molecule has 0 bridgehead atoms. The highest BCUT2D eigenvalue weighted by Gasteiger charge is 2.12. The summed E-state index contributed by atoms with van der Waals surface area (Å²) < 4.78 is 0. The quantitative estimate of drug-likeness (QED) is 0.867. The molecule has 0 spiro atoms. The molecule has 1 aromatic rings. The van der Waals surface area contributed by atoms with Crippen LogP contribution in [-0.2, 0) is 6.54 Å². The molecule has 1 unspecified atom stereocenters. The van der Waals surface area contributed by atoms with Crippen LogP contribution in [0.15, 0.2) is 18.3 Å². The lowest BCUT2D eigenvalue weighted by Gasteiger charge is -2.27. The molecule has 1 N–H and O–H groups in total. The van der Waals surface area contributed by atoms with Crippen molar-refractivity contribution in [2.45, 2.75) is 45.8 Å². The van der Waals surface area contributed by atoms with E-state index < -0.39 is 0 Å². The molecule has 0 aliphatic heterocycles. The number of nitrogens with one attached hydrogen (secondary N) is 1. The van der Waals surface area contributed by atoms with E-state index in [0.717, 1.165) is 18.0 Å². The van der Waals surface area contributed by atoms with Gasteiger partial charge in [-0.05, 0) is 46.1 Å². The first-order valence-corrected chi connectivity index (χ1v) is 8.14. The van der Waals surface area contributed by atoms with Gasteiger partial charge >= 0.3 is 0 Å². The third-order valence-corrected chi connectivity index (χ3v) is 3.89. The molecule has 0 amide bonds. The van der Waals surface area contributed by atoms with Crippen LogP contribution in [0.5, 0.6) is 0 Å². The van der Waals surface area contributed by atoms with Crippen LogP contribution in [0, 0.1) is 0 Å². The van der Waals surface area contributed by atoms with Crippen molar-refractivity contribution >= 4 is 17.4 Å². The van der Waals surface area contributed by atoms with Crippen LogP contribution in [0.2, 0.25) is 0 Å². The lowest BCUT2D eigenvalue weighted by Crippen LogP contribution is -2.35. The maximum atomic E-state index is 4.44. The Morgan fingerprint density at radius 1 is 1.42 bits per heavy atom. The van der Waals surface area contributed by atoms with Gasteiger partial charge in [0, 0.05) is 42.8 Å². The third-order valence-electron chi connectivity index (χ3n) is 3.08. The summed E-state index contributed by atoms with van der Waals surface area (Å²) in [5.41, 5.74) is 2.45. The van der Waals surface area contributed by atoms with Crippen molar-refractivity contribution in [1.82, 2.24) is 10.3 Å². The Bertz CT molecular complexity index is 387. The topological polar surface area (TPSA) is 28.2 Å². The maximum absolute atomic E-state index is 4.44. The van der Waals surface area contributed by atoms with Crippen LogP contribution >= 0.6 is 11.8 Å². The third kappa shape index (κ3) is 5.83. The number of hydrogen-bond donors (Lipinski definition) is 1. The second-order valence-corrected chi connectivity index (χ2v) is 6.93.